The first-order chi connectivity index (χ1) is 14.0. The van der Waals surface area contributed by atoms with Crippen LogP contribution in [-0.2, 0) is 31.5 Å². The lowest BCUT2D eigenvalue weighted by atomic mass is 9.85. The Kier molecular flexibility index (Phi) is 4.19. The van der Waals surface area contributed by atoms with E-state index in [2.05, 4.69) is 10.2 Å². The molecule has 29 heavy (non-hydrogen) atoms. The van der Waals surface area contributed by atoms with Crippen molar-refractivity contribution in [2.75, 3.05) is 13.1 Å². The summed E-state index contributed by atoms with van der Waals surface area (Å²) in [7, 11) is 1.73. The summed E-state index contributed by atoms with van der Waals surface area (Å²) in [5.74, 6) is 0.800. The van der Waals surface area contributed by atoms with E-state index < -0.39 is 16.7 Å². The molecule has 1 spiro atoms. The maximum absolute atomic E-state index is 12.8. The number of ether oxygens (including phenoxy) is 1. The third-order valence-corrected chi connectivity index (χ3v) is 6.46. The molecular formula is C19H24N6O4. The molecule has 2 fully saturated rings. The standard InChI is InChI=1S/C19H24N6O4/c1-22-14(5-7-20-22)16(26)23-8-6-19(11-23)12-24-15(10-29-19)21-25(18(28)17(24)27)9-13-3-2-4-13/h5,7,13H,2-4,6,8-12H2,1H3/t19-/m0/s1. The Bertz CT molecular complexity index is 1080. The van der Waals surface area contributed by atoms with Gasteiger partial charge in [0.2, 0.25) is 0 Å². The van der Waals surface area contributed by atoms with E-state index in [0.29, 0.717) is 43.5 Å². The first kappa shape index (κ1) is 18.3. The second kappa shape index (κ2) is 6.65. The average molecular weight is 400 g/mol. The molecule has 5 rings (SSSR count). The quantitative estimate of drug-likeness (QED) is 0.659. The first-order valence-electron chi connectivity index (χ1n) is 10.1. The number of hydrogen-bond donors (Lipinski definition) is 0. The number of fused-ring (bicyclic) bond motifs is 1. The van der Waals surface area contributed by atoms with E-state index >= 15 is 0 Å². The van der Waals surface area contributed by atoms with Crippen LogP contribution in [0, 0.1) is 5.92 Å². The van der Waals surface area contributed by atoms with E-state index in [-0.39, 0.29) is 19.1 Å². The van der Waals surface area contributed by atoms with Gasteiger partial charge in [-0.3, -0.25) is 23.6 Å². The van der Waals surface area contributed by atoms with Gasteiger partial charge in [-0.15, -0.1) is 0 Å². The highest BCUT2D eigenvalue weighted by Crippen LogP contribution is 2.32. The van der Waals surface area contributed by atoms with Crippen molar-refractivity contribution in [3.8, 4) is 0 Å². The van der Waals surface area contributed by atoms with Crippen molar-refractivity contribution in [1.82, 2.24) is 29.0 Å². The van der Waals surface area contributed by atoms with Gasteiger partial charge in [0, 0.05) is 26.3 Å². The minimum Gasteiger partial charge on any atom is -0.363 e. The fraction of sp³-hybridized carbons (Fsp3) is 0.632. The van der Waals surface area contributed by atoms with E-state index in [1.807, 2.05) is 0 Å². The van der Waals surface area contributed by atoms with Crippen molar-refractivity contribution in [2.45, 2.75) is 51.0 Å². The van der Waals surface area contributed by atoms with Crippen LogP contribution < -0.4 is 11.1 Å². The molecule has 3 aliphatic rings. The topological polar surface area (TPSA) is 104 Å². The van der Waals surface area contributed by atoms with Crippen LogP contribution in [-0.4, -0.2) is 53.6 Å². The number of aryl methyl sites for hydroxylation is 1. The third kappa shape index (κ3) is 3.02. The molecule has 4 heterocycles. The zero-order valence-corrected chi connectivity index (χ0v) is 16.4. The fourth-order valence-corrected chi connectivity index (χ4v) is 4.46. The largest absolute Gasteiger partial charge is 0.363 e. The Balaban J connectivity index is 1.38. The number of likely N-dealkylation sites (tertiary alicyclic amines) is 1. The smallest absolute Gasteiger partial charge is 0.332 e. The second-order valence-corrected chi connectivity index (χ2v) is 8.38. The maximum atomic E-state index is 12.8. The highest BCUT2D eigenvalue weighted by Gasteiger charge is 2.45. The van der Waals surface area contributed by atoms with E-state index in [9.17, 15) is 14.4 Å². The molecule has 2 aliphatic heterocycles. The van der Waals surface area contributed by atoms with Crippen LogP contribution in [0.15, 0.2) is 21.9 Å². The summed E-state index contributed by atoms with van der Waals surface area (Å²) in [6, 6.07) is 1.68. The van der Waals surface area contributed by atoms with E-state index in [1.54, 1.807) is 28.9 Å². The first-order valence-corrected chi connectivity index (χ1v) is 10.1. The molecule has 0 N–H and O–H groups in total. The summed E-state index contributed by atoms with van der Waals surface area (Å²) in [6.45, 7) is 1.80. The van der Waals surface area contributed by atoms with Gasteiger partial charge in [0.1, 0.15) is 17.9 Å². The Morgan fingerprint density at radius 3 is 2.79 bits per heavy atom. The van der Waals surface area contributed by atoms with Gasteiger partial charge >= 0.3 is 11.1 Å². The lowest BCUT2D eigenvalue weighted by Crippen LogP contribution is -2.53. The van der Waals surface area contributed by atoms with Crippen LogP contribution in [0.2, 0.25) is 0 Å². The molecule has 0 aromatic carbocycles. The number of nitrogens with zero attached hydrogens (tertiary/aromatic N) is 6. The molecule has 1 atom stereocenters. The van der Waals surface area contributed by atoms with Gasteiger partial charge in [-0.05, 0) is 31.2 Å². The molecule has 1 amide bonds. The minimum absolute atomic E-state index is 0.113. The normalized spacial score (nSPS) is 24.0. The third-order valence-electron chi connectivity index (χ3n) is 6.46. The van der Waals surface area contributed by atoms with Gasteiger partial charge in [0.05, 0.1) is 13.1 Å². The van der Waals surface area contributed by atoms with Crippen LogP contribution in [0.25, 0.3) is 0 Å². The zero-order valence-electron chi connectivity index (χ0n) is 16.4. The summed E-state index contributed by atoms with van der Waals surface area (Å²) in [5.41, 5.74) is -1.28. The molecule has 1 saturated heterocycles. The molecule has 10 heteroatoms. The molecule has 2 aromatic rings. The van der Waals surface area contributed by atoms with Crippen molar-refractivity contribution in [3.05, 3.63) is 44.5 Å². The molecule has 0 bridgehead atoms. The number of carbonyl (C=O) groups is 1. The molecule has 1 aliphatic carbocycles. The fourth-order valence-electron chi connectivity index (χ4n) is 4.46. The van der Waals surface area contributed by atoms with Gasteiger partial charge in [-0.25, -0.2) is 4.68 Å². The number of aromatic nitrogens is 5. The molecule has 1 saturated carbocycles. The van der Waals surface area contributed by atoms with Gasteiger partial charge in [0.15, 0.2) is 5.82 Å². The van der Waals surface area contributed by atoms with Crippen LogP contribution >= 0.6 is 0 Å². The van der Waals surface area contributed by atoms with Crippen molar-refractivity contribution >= 4 is 5.91 Å². The van der Waals surface area contributed by atoms with Crippen LogP contribution in [0.1, 0.15) is 42.0 Å². The van der Waals surface area contributed by atoms with Gasteiger partial charge in [-0.2, -0.15) is 10.2 Å². The minimum atomic E-state index is -0.667. The van der Waals surface area contributed by atoms with Gasteiger partial charge in [-0.1, -0.05) is 6.42 Å². The van der Waals surface area contributed by atoms with Crippen LogP contribution in [0.5, 0.6) is 0 Å². The monoisotopic (exact) mass is 400 g/mol. The molecule has 0 unspecified atom stereocenters. The van der Waals surface area contributed by atoms with E-state index in [1.165, 1.54) is 15.7 Å². The van der Waals surface area contributed by atoms with Crippen LogP contribution in [0.4, 0.5) is 0 Å². The zero-order chi connectivity index (χ0) is 20.2. The predicted molar refractivity (Wildman–Crippen MR) is 101 cm³/mol. The van der Waals surface area contributed by atoms with Crippen molar-refractivity contribution < 1.29 is 9.53 Å². The molecule has 0 radical (unpaired) electrons. The summed E-state index contributed by atoms with van der Waals surface area (Å²) < 4.78 is 10.4. The van der Waals surface area contributed by atoms with Crippen molar-refractivity contribution in [1.29, 1.82) is 0 Å². The van der Waals surface area contributed by atoms with E-state index in [4.69, 9.17) is 4.74 Å². The van der Waals surface area contributed by atoms with E-state index in [0.717, 1.165) is 12.8 Å². The lowest BCUT2D eigenvalue weighted by Gasteiger charge is -2.35. The van der Waals surface area contributed by atoms with Crippen LogP contribution in [0.3, 0.4) is 0 Å². The number of hydrogen-bond acceptors (Lipinski definition) is 6. The highest BCUT2D eigenvalue weighted by molar-refractivity contribution is 5.92. The Labute approximate surface area is 166 Å². The number of rotatable bonds is 3. The molecule has 154 valence electrons. The highest BCUT2D eigenvalue weighted by atomic mass is 16.5. The predicted octanol–water partition coefficient (Wildman–Crippen LogP) is -0.246. The second-order valence-electron chi connectivity index (χ2n) is 8.38. The number of amides is 1. The lowest BCUT2D eigenvalue weighted by molar-refractivity contribution is -0.0844. The molecule has 2 aromatic heterocycles. The van der Waals surface area contributed by atoms with Gasteiger partial charge in [0.25, 0.3) is 5.91 Å². The van der Waals surface area contributed by atoms with Crippen molar-refractivity contribution in [3.63, 3.8) is 0 Å². The molecule has 10 nitrogen and oxygen atoms in total. The van der Waals surface area contributed by atoms with Gasteiger partial charge < -0.3 is 9.64 Å². The number of carbonyl (C=O) groups excluding carboxylic acids is 1. The Hall–Kier alpha value is -2.75. The average Bonchev–Trinajstić information content (AvgIpc) is 3.29. The Morgan fingerprint density at radius 1 is 1.28 bits per heavy atom. The summed E-state index contributed by atoms with van der Waals surface area (Å²) in [6.07, 6.45) is 5.52. The molecular weight excluding hydrogens is 376 g/mol. The SMILES string of the molecule is Cn1nccc1C(=O)N1CC[C@]2(C1)Cn1c(nn(CC3CCC3)c(=O)c1=O)CO2. The Morgan fingerprint density at radius 2 is 2.10 bits per heavy atom. The van der Waals surface area contributed by atoms with Crippen molar-refractivity contribution in [2.24, 2.45) is 13.0 Å². The summed E-state index contributed by atoms with van der Waals surface area (Å²) in [4.78, 5) is 39.8. The summed E-state index contributed by atoms with van der Waals surface area (Å²) >= 11 is 0. The summed E-state index contributed by atoms with van der Waals surface area (Å²) in [5, 5.41) is 8.46. The maximum Gasteiger partial charge on any atom is 0.332 e.